The third-order valence-electron chi connectivity index (χ3n) is 7.85. The summed E-state index contributed by atoms with van der Waals surface area (Å²) in [5.41, 5.74) is 8.86. The van der Waals surface area contributed by atoms with E-state index in [4.69, 9.17) is 4.74 Å². The molecule has 3 nitrogen and oxygen atoms in total. The summed E-state index contributed by atoms with van der Waals surface area (Å²) in [6.45, 7) is 13.9. The Kier molecular flexibility index (Phi) is 4.18. The lowest BCUT2D eigenvalue weighted by Gasteiger charge is -2.42. The van der Waals surface area contributed by atoms with Gasteiger partial charge in [0.05, 0.1) is 11.2 Å². The Labute approximate surface area is 196 Å². The van der Waals surface area contributed by atoms with Crippen molar-refractivity contribution in [1.29, 1.82) is 0 Å². The van der Waals surface area contributed by atoms with Crippen molar-refractivity contribution >= 4 is 11.0 Å². The average Bonchev–Trinajstić information content (AvgIpc) is 3.18. The molecule has 0 saturated carbocycles. The molecule has 0 atom stereocenters. The molecule has 1 aliphatic heterocycles. The highest BCUT2D eigenvalue weighted by Crippen LogP contribution is 2.49. The third-order valence-corrected chi connectivity index (χ3v) is 7.85. The van der Waals surface area contributed by atoms with Crippen LogP contribution in [0, 0.1) is 6.33 Å². The highest BCUT2D eigenvalue weighted by molar-refractivity contribution is 5.82. The molecule has 0 unspecified atom stereocenters. The Bertz CT molecular complexity index is 1400. The van der Waals surface area contributed by atoms with Gasteiger partial charge in [0, 0.05) is 0 Å². The van der Waals surface area contributed by atoms with Crippen LogP contribution in [0.4, 0.5) is 0 Å². The molecule has 6 rings (SSSR count). The number of para-hydroxylation sites is 1. The maximum absolute atomic E-state index is 6.52. The summed E-state index contributed by atoms with van der Waals surface area (Å²) in [6, 6.07) is 19.8. The summed E-state index contributed by atoms with van der Waals surface area (Å²) in [6.07, 6.45) is 6.04. The summed E-state index contributed by atoms with van der Waals surface area (Å²) < 4.78 is 10.9. The first kappa shape index (κ1) is 20.5. The number of benzene rings is 3. The number of aromatic nitrogens is 2. The predicted molar refractivity (Wildman–Crippen MR) is 133 cm³/mol. The molecule has 2 aliphatic rings. The molecule has 33 heavy (non-hydrogen) atoms. The van der Waals surface area contributed by atoms with Crippen molar-refractivity contribution in [2.24, 2.45) is 0 Å². The number of fused-ring (bicyclic) bond motifs is 3. The standard InChI is InChI=1S/C30H32N2O/c1-19(2)20-10-12-21(13-11-20)31-18-32-25-16-22-23(30(5,6)15-14-29(22,3)4)17-27(25)33-26-9-7-8-24(31)28(26)32/h7-13,16-17,19H,14-15H2,1-6H3. The van der Waals surface area contributed by atoms with Crippen molar-refractivity contribution in [3.8, 4) is 22.9 Å². The van der Waals surface area contributed by atoms with Crippen molar-refractivity contribution in [2.75, 3.05) is 0 Å². The first-order chi connectivity index (χ1) is 15.7. The first-order valence-electron chi connectivity index (χ1n) is 12.1. The van der Waals surface area contributed by atoms with Gasteiger partial charge in [0.2, 0.25) is 0 Å². The molecule has 0 saturated heterocycles. The van der Waals surface area contributed by atoms with E-state index in [0.717, 1.165) is 33.9 Å². The van der Waals surface area contributed by atoms with Crippen LogP contribution in [0.1, 0.15) is 77.0 Å². The van der Waals surface area contributed by atoms with Crippen LogP contribution in [0.15, 0.2) is 54.6 Å². The quantitative estimate of drug-likeness (QED) is 0.210. The molecule has 0 radical (unpaired) electrons. The van der Waals surface area contributed by atoms with Crippen molar-refractivity contribution < 1.29 is 9.30 Å². The van der Waals surface area contributed by atoms with Crippen molar-refractivity contribution in [1.82, 2.24) is 4.57 Å². The van der Waals surface area contributed by atoms with Crippen LogP contribution in [0.5, 0.6) is 11.5 Å². The molecular weight excluding hydrogens is 404 g/mol. The van der Waals surface area contributed by atoms with Gasteiger partial charge in [-0.1, -0.05) is 65.8 Å². The zero-order valence-electron chi connectivity index (χ0n) is 20.5. The average molecular weight is 437 g/mol. The fraction of sp³-hybridized carbons (Fsp3) is 0.367. The second-order valence-electron chi connectivity index (χ2n) is 11.4. The van der Waals surface area contributed by atoms with Gasteiger partial charge in [-0.15, -0.1) is 0 Å². The van der Waals surface area contributed by atoms with E-state index >= 15 is 0 Å². The van der Waals surface area contributed by atoms with E-state index < -0.39 is 0 Å². The number of hydrogen-bond acceptors (Lipinski definition) is 1. The summed E-state index contributed by atoms with van der Waals surface area (Å²) in [5, 5.41) is 0. The molecule has 0 N–H and O–H groups in total. The second kappa shape index (κ2) is 6.72. The first-order valence-corrected chi connectivity index (χ1v) is 12.1. The molecule has 1 aliphatic carbocycles. The molecule has 0 fully saturated rings. The Hall–Kier alpha value is -3.07. The summed E-state index contributed by atoms with van der Waals surface area (Å²) in [4.78, 5) is 0. The molecule has 1 aromatic heterocycles. The molecule has 168 valence electrons. The van der Waals surface area contributed by atoms with Gasteiger partial charge in [0.1, 0.15) is 22.7 Å². The number of rotatable bonds is 2. The highest BCUT2D eigenvalue weighted by Gasteiger charge is 2.39. The van der Waals surface area contributed by atoms with Gasteiger partial charge < -0.3 is 4.74 Å². The summed E-state index contributed by atoms with van der Waals surface area (Å²) in [5.74, 6) is 2.33. The normalized spacial score (nSPS) is 17.5. The largest absolute Gasteiger partial charge is 0.465 e. The predicted octanol–water partition coefficient (Wildman–Crippen LogP) is 7.29. The minimum atomic E-state index is 0.145. The topological polar surface area (TPSA) is 18.0 Å². The fourth-order valence-electron chi connectivity index (χ4n) is 5.54. The summed E-state index contributed by atoms with van der Waals surface area (Å²) in [7, 11) is 0. The molecule has 4 aromatic rings. The number of ether oxygens (including phenoxy) is 1. The van der Waals surface area contributed by atoms with Crippen molar-refractivity contribution in [3.63, 3.8) is 0 Å². The monoisotopic (exact) mass is 436 g/mol. The zero-order valence-corrected chi connectivity index (χ0v) is 20.5. The van der Waals surface area contributed by atoms with Gasteiger partial charge >= 0.3 is 0 Å². The fourth-order valence-corrected chi connectivity index (χ4v) is 5.54. The van der Waals surface area contributed by atoms with Gasteiger partial charge in [-0.3, -0.25) is 9.13 Å². The highest BCUT2D eigenvalue weighted by atomic mass is 16.5. The molecule has 0 spiro atoms. The van der Waals surface area contributed by atoms with Crippen LogP contribution in [-0.4, -0.2) is 4.57 Å². The van der Waals surface area contributed by atoms with Crippen molar-refractivity contribution in [3.05, 3.63) is 77.6 Å². The lowest BCUT2D eigenvalue weighted by Crippen LogP contribution is -2.37. The molecule has 3 heteroatoms. The van der Waals surface area contributed by atoms with Crippen LogP contribution in [0.25, 0.3) is 22.4 Å². The van der Waals surface area contributed by atoms with Gasteiger partial charge in [-0.25, -0.2) is 0 Å². The maximum atomic E-state index is 6.52. The van der Waals surface area contributed by atoms with E-state index in [0.29, 0.717) is 5.92 Å². The Morgan fingerprint density at radius 3 is 2.21 bits per heavy atom. The van der Waals surface area contributed by atoms with E-state index in [9.17, 15) is 0 Å². The van der Waals surface area contributed by atoms with Crippen LogP contribution in [-0.2, 0) is 10.8 Å². The van der Waals surface area contributed by atoms with Crippen LogP contribution in [0.2, 0.25) is 0 Å². The van der Waals surface area contributed by atoms with Crippen LogP contribution in [0.3, 0.4) is 0 Å². The summed E-state index contributed by atoms with van der Waals surface area (Å²) >= 11 is 0. The minimum Gasteiger partial charge on any atom is -0.465 e. The van der Waals surface area contributed by atoms with Gasteiger partial charge in [0.15, 0.2) is 0 Å². The van der Waals surface area contributed by atoms with Gasteiger partial charge in [-0.2, -0.15) is 0 Å². The third kappa shape index (κ3) is 2.98. The number of imidazole rings is 1. The van der Waals surface area contributed by atoms with Gasteiger partial charge in [-0.05, 0) is 76.6 Å². The van der Waals surface area contributed by atoms with E-state index in [1.807, 2.05) is 0 Å². The minimum absolute atomic E-state index is 0.145. The Balaban J connectivity index is 1.59. The Morgan fingerprint density at radius 1 is 0.879 bits per heavy atom. The molecule has 0 bridgehead atoms. The molecule has 2 heterocycles. The number of nitrogens with zero attached hydrogens (tertiary/aromatic N) is 2. The molecular formula is C30H32N2O. The molecule has 0 amide bonds. The van der Waals surface area contributed by atoms with E-state index in [2.05, 4.69) is 112 Å². The Morgan fingerprint density at radius 2 is 1.55 bits per heavy atom. The van der Waals surface area contributed by atoms with Crippen LogP contribution >= 0.6 is 0 Å². The van der Waals surface area contributed by atoms with E-state index in [1.54, 1.807) is 0 Å². The SMILES string of the molecule is CC(C)c1ccc(-n2[c-][n+]3c4c(cccc42)Oc2cc4c(cc2-3)C(C)(C)CCC4(C)C)cc1. The smallest absolute Gasteiger partial charge is 0.270 e. The lowest BCUT2D eigenvalue weighted by molar-refractivity contribution is -0.575. The van der Waals surface area contributed by atoms with Crippen molar-refractivity contribution in [2.45, 2.75) is 71.1 Å². The van der Waals surface area contributed by atoms with E-state index in [-0.39, 0.29) is 10.8 Å². The zero-order chi connectivity index (χ0) is 23.1. The maximum Gasteiger partial charge on any atom is 0.270 e. The van der Waals surface area contributed by atoms with Crippen LogP contribution < -0.4 is 9.30 Å². The molecule has 3 aromatic carbocycles. The van der Waals surface area contributed by atoms with E-state index in [1.165, 1.54) is 29.5 Å². The van der Waals surface area contributed by atoms with Gasteiger partial charge in [0.25, 0.3) is 6.33 Å². The number of hydrogen-bond donors (Lipinski definition) is 0. The second-order valence-corrected chi connectivity index (χ2v) is 11.4. The lowest BCUT2D eigenvalue weighted by atomic mass is 9.63.